The number of rotatable bonds is 1. The molecule has 1 aromatic rings. The van der Waals surface area contributed by atoms with Crippen LogP contribution in [0.15, 0.2) is 29.2 Å². The molecule has 0 aromatic heterocycles. The van der Waals surface area contributed by atoms with Gasteiger partial charge in [-0.05, 0) is 19.1 Å². The molecule has 1 aromatic carbocycles. The van der Waals surface area contributed by atoms with Crippen molar-refractivity contribution in [3.63, 3.8) is 0 Å². The summed E-state index contributed by atoms with van der Waals surface area (Å²) in [6.07, 6.45) is -0.628. The molecule has 2 N–H and O–H groups in total. The Morgan fingerprint density at radius 3 is 2.81 bits per heavy atom. The van der Waals surface area contributed by atoms with E-state index in [4.69, 9.17) is 0 Å². The fourth-order valence-electron chi connectivity index (χ4n) is 1.99. The van der Waals surface area contributed by atoms with Crippen molar-refractivity contribution in [1.82, 2.24) is 0 Å². The highest BCUT2D eigenvalue weighted by molar-refractivity contribution is 8.00. The number of aliphatic hydroxyl groups is 1. The Kier molecular flexibility index (Phi) is 3.21. The molecule has 0 radical (unpaired) electrons. The van der Waals surface area contributed by atoms with E-state index in [-0.39, 0.29) is 17.1 Å². The van der Waals surface area contributed by atoms with Crippen LogP contribution in [0.4, 0.5) is 5.69 Å². The summed E-state index contributed by atoms with van der Waals surface area (Å²) < 4.78 is 0. The average molecular weight is 237 g/mol. The van der Waals surface area contributed by atoms with Gasteiger partial charge in [-0.2, -0.15) is 0 Å². The van der Waals surface area contributed by atoms with E-state index in [2.05, 4.69) is 5.32 Å². The fraction of sp³-hybridized carbons (Fsp3) is 0.417. The SMILES string of the molecule is C[C@@H](O)[C@@H]1C(=O)Nc2ccccc2S[C@@H]1C. The van der Waals surface area contributed by atoms with Gasteiger partial charge in [0.2, 0.25) is 5.91 Å². The van der Waals surface area contributed by atoms with Crippen molar-refractivity contribution in [3.05, 3.63) is 24.3 Å². The number of hydrogen-bond donors (Lipinski definition) is 2. The predicted octanol–water partition coefficient (Wildman–Crippen LogP) is 2.12. The van der Waals surface area contributed by atoms with Crippen LogP contribution >= 0.6 is 11.8 Å². The van der Waals surface area contributed by atoms with E-state index in [1.54, 1.807) is 18.7 Å². The van der Waals surface area contributed by atoms with E-state index < -0.39 is 6.10 Å². The molecule has 2 rings (SSSR count). The first-order chi connectivity index (χ1) is 7.59. The van der Waals surface area contributed by atoms with Crippen LogP contribution in [0.2, 0.25) is 0 Å². The van der Waals surface area contributed by atoms with Gasteiger partial charge < -0.3 is 10.4 Å². The number of para-hydroxylation sites is 1. The standard InChI is InChI=1S/C12H15NO2S/c1-7(14)11-8(2)16-10-6-4-3-5-9(10)13-12(11)15/h3-8,11,14H,1-2H3,(H,13,15)/t7-,8-,11+/m1/s1. The lowest BCUT2D eigenvalue weighted by Crippen LogP contribution is -2.36. The second kappa shape index (κ2) is 4.47. The summed E-state index contributed by atoms with van der Waals surface area (Å²) in [5.41, 5.74) is 0.840. The zero-order valence-corrected chi connectivity index (χ0v) is 10.1. The lowest BCUT2D eigenvalue weighted by molar-refractivity contribution is -0.122. The molecule has 1 amide bonds. The van der Waals surface area contributed by atoms with Crippen LogP contribution in [0.3, 0.4) is 0 Å². The van der Waals surface area contributed by atoms with Gasteiger partial charge in [0.15, 0.2) is 0 Å². The third-order valence-corrected chi connectivity index (χ3v) is 4.06. The third kappa shape index (κ3) is 2.08. The molecule has 4 heteroatoms. The van der Waals surface area contributed by atoms with Gasteiger partial charge in [0, 0.05) is 10.1 Å². The Balaban J connectivity index is 2.35. The van der Waals surface area contributed by atoms with Gasteiger partial charge in [0.05, 0.1) is 17.7 Å². The Morgan fingerprint density at radius 1 is 1.44 bits per heavy atom. The molecule has 0 fully saturated rings. The largest absolute Gasteiger partial charge is 0.393 e. The monoisotopic (exact) mass is 237 g/mol. The molecule has 0 spiro atoms. The molecular formula is C12H15NO2S. The highest BCUT2D eigenvalue weighted by Gasteiger charge is 2.33. The molecule has 3 nitrogen and oxygen atoms in total. The summed E-state index contributed by atoms with van der Waals surface area (Å²) in [5.74, 6) is -0.461. The molecule has 0 saturated heterocycles. The molecule has 0 aliphatic carbocycles. The fourth-order valence-corrected chi connectivity index (χ4v) is 3.29. The number of hydrogen-bond acceptors (Lipinski definition) is 3. The van der Waals surface area contributed by atoms with Gasteiger partial charge in [-0.15, -0.1) is 11.8 Å². The van der Waals surface area contributed by atoms with Crippen molar-refractivity contribution in [1.29, 1.82) is 0 Å². The number of fused-ring (bicyclic) bond motifs is 1. The predicted molar refractivity (Wildman–Crippen MR) is 65.6 cm³/mol. The lowest BCUT2D eigenvalue weighted by atomic mass is 9.99. The van der Waals surface area contributed by atoms with Gasteiger partial charge in [-0.25, -0.2) is 0 Å². The second-order valence-electron chi connectivity index (χ2n) is 4.07. The van der Waals surface area contributed by atoms with Gasteiger partial charge >= 0.3 is 0 Å². The Bertz CT molecular complexity index is 406. The molecule has 86 valence electrons. The summed E-state index contributed by atoms with van der Waals surface area (Å²) in [4.78, 5) is 13.0. The molecule has 16 heavy (non-hydrogen) atoms. The first-order valence-electron chi connectivity index (χ1n) is 5.34. The molecule has 0 saturated carbocycles. The minimum Gasteiger partial charge on any atom is -0.393 e. The number of carbonyl (C=O) groups excluding carboxylic acids is 1. The maximum absolute atomic E-state index is 11.9. The molecule has 0 unspecified atom stereocenters. The molecule has 3 atom stereocenters. The summed E-state index contributed by atoms with van der Waals surface area (Å²) in [7, 11) is 0. The molecule has 1 aliphatic heterocycles. The van der Waals surface area contributed by atoms with Crippen molar-refractivity contribution in [2.24, 2.45) is 5.92 Å². The van der Waals surface area contributed by atoms with Crippen LogP contribution in [-0.2, 0) is 4.79 Å². The van der Waals surface area contributed by atoms with Gasteiger partial charge in [-0.3, -0.25) is 4.79 Å². The molecule has 1 aliphatic rings. The highest BCUT2D eigenvalue weighted by atomic mass is 32.2. The van der Waals surface area contributed by atoms with Crippen molar-refractivity contribution < 1.29 is 9.90 Å². The van der Waals surface area contributed by atoms with Crippen molar-refractivity contribution in [2.75, 3.05) is 5.32 Å². The normalized spacial score (nSPS) is 26.6. The van der Waals surface area contributed by atoms with Crippen LogP contribution in [0.5, 0.6) is 0 Å². The number of benzene rings is 1. The average Bonchev–Trinajstić information content (AvgIpc) is 2.32. The maximum atomic E-state index is 11.9. The number of nitrogens with one attached hydrogen (secondary N) is 1. The van der Waals surface area contributed by atoms with E-state index in [1.165, 1.54) is 0 Å². The number of amides is 1. The zero-order valence-electron chi connectivity index (χ0n) is 9.31. The maximum Gasteiger partial charge on any atom is 0.231 e. The number of thioether (sulfide) groups is 1. The summed E-state index contributed by atoms with van der Waals surface area (Å²) in [6.45, 7) is 3.64. The van der Waals surface area contributed by atoms with Crippen LogP contribution in [0.25, 0.3) is 0 Å². The van der Waals surface area contributed by atoms with E-state index in [0.717, 1.165) is 10.6 Å². The Morgan fingerprint density at radius 2 is 2.12 bits per heavy atom. The van der Waals surface area contributed by atoms with Crippen molar-refractivity contribution in [2.45, 2.75) is 30.1 Å². The van der Waals surface area contributed by atoms with Crippen LogP contribution < -0.4 is 5.32 Å². The van der Waals surface area contributed by atoms with Crippen LogP contribution in [0, 0.1) is 5.92 Å². The van der Waals surface area contributed by atoms with E-state index in [9.17, 15) is 9.90 Å². The van der Waals surface area contributed by atoms with Crippen molar-refractivity contribution >= 4 is 23.4 Å². The highest BCUT2D eigenvalue weighted by Crippen LogP contribution is 2.37. The summed E-state index contributed by atoms with van der Waals surface area (Å²) in [6, 6.07) is 7.72. The van der Waals surface area contributed by atoms with E-state index >= 15 is 0 Å². The van der Waals surface area contributed by atoms with Gasteiger partial charge in [0.25, 0.3) is 0 Å². The van der Waals surface area contributed by atoms with Crippen molar-refractivity contribution in [3.8, 4) is 0 Å². The number of aliphatic hydroxyl groups excluding tert-OH is 1. The quantitative estimate of drug-likeness (QED) is 0.786. The number of carbonyl (C=O) groups is 1. The smallest absolute Gasteiger partial charge is 0.231 e. The number of anilines is 1. The first-order valence-corrected chi connectivity index (χ1v) is 6.22. The molecule has 0 bridgehead atoms. The molecular weight excluding hydrogens is 222 g/mol. The summed E-state index contributed by atoms with van der Waals surface area (Å²) >= 11 is 1.63. The molecule has 1 heterocycles. The van der Waals surface area contributed by atoms with E-state index in [0.29, 0.717) is 0 Å². The Labute approximate surface area is 99.2 Å². The third-order valence-electron chi connectivity index (χ3n) is 2.79. The van der Waals surface area contributed by atoms with Crippen LogP contribution in [-0.4, -0.2) is 22.4 Å². The summed E-state index contributed by atoms with van der Waals surface area (Å²) in [5, 5.41) is 12.6. The zero-order chi connectivity index (χ0) is 11.7. The second-order valence-corrected chi connectivity index (χ2v) is 5.49. The van der Waals surface area contributed by atoms with Gasteiger partial charge in [-0.1, -0.05) is 19.1 Å². The minimum absolute atomic E-state index is 0.0728. The first kappa shape index (κ1) is 11.5. The van der Waals surface area contributed by atoms with Gasteiger partial charge in [0.1, 0.15) is 0 Å². The van der Waals surface area contributed by atoms with Crippen LogP contribution in [0.1, 0.15) is 13.8 Å². The Hall–Kier alpha value is -1.00. The minimum atomic E-state index is -0.628. The van der Waals surface area contributed by atoms with E-state index in [1.807, 2.05) is 31.2 Å². The topological polar surface area (TPSA) is 49.3 Å². The lowest BCUT2D eigenvalue weighted by Gasteiger charge is -2.21.